The van der Waals surface area contributed by atoms with Crippen LogP contribution in [0.25, 0.3) is 16.7 Å². The molecule has 2 aromatic carbocycles. The minimum Gasteiger partial charge on any atom is -0.493 e. The van der Waals surface area contributed by atoms with Crippen LogP contribution in [0, 0.1) is 38.0 Å². The first kappa shape index (κ1) is 23.0. The molecule has 0 radical (unpaired) electrons. The van der Waals surface area contributed by atoms with E-state index in [0.29, 0.717) is 29.7 Å². The number of hydrogen-bond donors (Lipinski definition) is 1. The highest BCUT2D eigenvalue weighted by molar-refractivity contribution is 6.04. The zero-order chi connectivity index (χ0) is 24.4. The number of carbonyl (C=O) groups excluding carboxylic acids is 1. The van der Waals surface area contributed by atoms with E-state index in [0.717, 1.165) is 22.0 Å². The van der Waals surface area contributed by atoms with Crippen molar-refractivity contribution in [2.24, 2.45) is 5.92 Å². The molecule has 2 heterocycles. The smallest absolute Gasteiger partial charge is 0.256 e. The third-order valence-electron chi connectivity index (χ3n) is 5.48. The molecule has 0 saturated heterocycles. The molecule has 4 rings (SSSR count). The molecule has 0 bridgehead atoms. The van der Waals surface area contributed by atoms with E-state index >= 15 is 0 Å². The number of pyridine rings is 1. The number of amides is 1. The molecule has 4 aromatic rings. The second kappa shape index (κ2) is 9.36. The number of aryl methyl sites for hydroxylation is 3. The molecule has 172 valence electrons. The number of ether oxygens (including phenoxy) is 1. The van der Waals surface area contributed by atoms with Gasteiger partial charge in [0.1, 0.15) is 17.4 Å². The number of carbonyl (C=O) groups is 1. The predicted octanol–water partition coefficient (Wildman–Crippen LogP) is 5.50. The molecule has 7 nitrogen and oxygen atoms in total. The van der Waals surface area contributed by atoms with Gasteiger partial charge in [0.05, 0.1) is 18.3 Å². The van der Waals surface area contributed by atoms with Gasteiger partial charge in [0, 0.05) is 10.9 Å². The lowest BCUT2D eigenvalue weighted by atomic mass is 10.0. The standard InChI is InChI=1S/C27H27N5O2/c1-16(2)15-34-22-8-6-20(7-9-22)27(33)31-26-21(13-28)14-29-32(26)24-12-18(4)23-11-17(3)10-19(5)25(23)30-24/h6-12,14,16H,15H2,1-5H3,(H,31,33). The first-order valence-corrected chi connectivity index (χ1v) is 11.2. The molecule has 0 spiro atoms. The summed E-state index contributed by atoms with van der Waals surface area (Å²) in [5.41, 5.74) is 4.83. The van der Waals surface area contributed by atoms with Crippen molar-refractivity contribution in [1.82, 2.24) is 14.8 Å². The minimum atomic E-state index is -0.349. The molecule has 0 atom stereocenters. The Morgan fingerprint density at radius 3 is 2.53 bits per heavy atom. The fourth-order valence-corrected chi connectivity index (χ4v) is 3.81. The van der Waals surface area contributed by atoms with Crippen LogP contribution in [0.3, 0.4) is 0 Å². The van der Waals surface area contributed by atoms with E-state index in [2.05, 4.69) is 49.4 Å². The molecular weight excluding hydrogens is 426 g/mol. The van der Waals surface area contributed by atoms with E-state index in [1.54, 1.807) is 24.3 Å². The Kier molecular flexibility index (Phi) is 6.33. The molecule has 1 amide bonds. The predicted molar refractivity (Wildman–Crippen MR) is 133 cm³/mol. The van der Waals surface area contributed by atoms with E-state index < -0.39 is 0 Å². The number of anilines is 1. The molecule has 0 unspecified atom stereocenters. The molecule has 0 aliphatic carbocycles. The van der Waals surface area contributed by atoms with Gasteiger partial charge in [0.2, 0.25) is 0 Å². The summed E-state index contributed by atoms with van der Waals surface area (Å²) in [6.45, 7) is 10.9. The van der Waals surface area contributed by atoms with Crippen LogP contribution in [-0.4, -0.2) is 27.3 Å². The normalized spacial score (nSPS) is 11.0. The summed E-state index contributed by atoms with van der Waals surface area (Å²) in [4.78, 5) is 17.8. The van der Waals surface area contributed by atoms with Crippen molar-refractivity contribution in [2.75, 3.05) is 11.9 Å². The lowest BCUT2D eigenvalue weighted by Crippen LogP contribution is -2.16. The summed E-state index contributed by atoms with van der Waals surface area (Å²) in [5.74, 6) is 1.58. The largest absolute Gasteiger partial charge is 0.493 e. The van der Waals surface area contributed by atoms with Gasteiger partial charge >= 0.3 is 0 Å². The Hall–Kier alpha value is -4.18. The van der Waals surface area contributed by atoms with Gasteiger partial charge in [0.15, 0.2) is 11.6 Å². The topological polar surface area (TPSA) is 92.8 Å². The van der Waals surface area contributed by atoms with Gasteiger partial charge < -0.3 is 10.1 Å². The monoisotopic (exact) mass is 453 g/mol. The Bertz CT molecular complexity index is 1410. The van der Waals surface area contributed by atoms with Gasteiger partial charge in [-0.3, -0.25) is 4.79 Å². The molecule has 0 saturated carbocycles. The Morgan fingerprint density at radius 1 is 1.12 bits per heavy atom. The van der Waals surface area contributed by atoms with Crippen LogP contribution in [0.4, 0.5) is 5.82 Å². The van der Waals surface area contributed by atoms with E-state index in [-0.39, 0.29) is 17.3 Å². The van der Waals surface area contributed by atoms with E-state index in [1.807, 2.05) is 19.9 Å². The number of benzene rings is 2. The van der Waals surface area contributed by atoms with Crippen molar-refractivity contribution >= 4 is 22.6 Å². The Morgan fingerprint density at radius 2 is 1.85 bits per heavy atom. The molecule has 34 heavy (non-hydrogen) atoms. The van der Waals surface area contributed by atoms with E-state index in [4.69, 9.17) is 9.72 Å². The van der Waals surface area contributed by atoms with E-state index in [1.165, 1.54) is 16.4 Å². The van der Waals surface area contributed by atoms with Gasteiger partial charge in [-0.1, -0.05) is 25.5 Å². The van der Waals surface area contributed by atoms with Crippen LogP contribution in [-0.2, 0) is 0 Å². The van der Waals surface area contributed by atoms with E-state index in [9.17, 15) is 10.1 Å². The molecular formula is C27H27N5O2. The van der Waals surface area contributed by atoms with Crippen molar-refractivity contribution in [3.63, 3.8) is 0 Å². The minimum absolute atomic E-state index is 0.255. The first-order chi connectivity index (χ1) is 16.3. The molecule has 0 aliphatic rings. The van der Waals surface area contributed by atoms with Crippen molar-refractivity contribution < 1.29 is 9.53 Å². The zero-order valence-electron chi connectivity index (χ0n) is 20.0. The number of aromatic nitrogens is 3. The highest BCUT2D eigenvalue weighted by Gasteiger charge is 2.18. The van der Waals surface area contributed by atoms with Crippen LogP contribution in [0.15, 0.2) is 48.7 Å². The third kappa shape index (κ3) is 4.62. The number of nitriles is 1. The average Bonchev–Trinajstić information content (AvgIpc) is 3.21. The lowest BCUT2D eigenvalue weighted by Gasteiger charge is -2.13. The molecule has 2 aromatic heterocycles. The highest BCUT2D eigenvalue weighted by atomic mass is 16.5. The quantitative estimate of drug-likeness (QED) is 0.416. The van der Waals surface area contributed by atoms with Crippen molar-refractivity contribution in [2.45, 2.75) is 34.6 Å². The number of nitrogens with one attached hydrogen (secondary N) is 1. The summed E-state index contributed by atoms with van der Waals surface area (Å²) in [5, 5.41) is 17.9. The maximum Gasteiger partial charge on any atom is 0.256 e. The lowest BCUT2D eigenvalue weighted by molar-refractivity contribution is 0.102. The fourth-order valence-electron chi connectivity index (χ4n) is 3.81. The second-order valence-electron chi connectivity index (χ2n) is 8.89. The molecule has 1 N–H and O–H groups in total. The SMILES string of the molecule is Cc1cc(C)c2nc(-n3ncc(C#N)c3NC(=O)c3ccc(OCC(C)C)cc3)cc(C)c2c1. The Labute approximate surface area is 199 Å². The van der Waals surface area contributed by atoms with Crippen molar-refractivity contribution in [3.05, 3.63) is 76.5 Å². The van der Waals surface area contributed by atoms with Gasteiger partial charge in [-0.2, -0.15) is 15.0 Å². The summed E-state index contributed by atoms with van der Waals surface area (Å²) in [6, 6.07) is 15.1. The van der Waals surface area contributed by atoms with Gasteiger partial charge in [0.25, 0.3) is 5.91 Å². The van der Waals surface area contributed by atoms with Gasteiger partial charge in [-0.05, 0) is 74.2 Å². The summed E-state index contributed by atoms with van der Waals surface area (Å²) in [6.07, 6.45) is 1.43. The van der Waals surface area contributed by atoms with Crippen LogP contribution in [0.1, 0.15) is 46.5 Å². The van der Waals surface area contributed by atoms with Crippen molar-refractivity contribution in [3.8, 4) is 17.6 Å². The van der Waals surface area contributed by atoms with Crippen LogP contribution < -0.4 is 10.1 Å². The maximum atomic E-state index is 13.0. The number of hydrogen-bond acceptors (Lipinski definition) is 5. The molecule has 0 aliphatic heterocycles. The van der Waals surface area contributed by atoms with Gasteiger partial charge in [-0.25, -0.2) is 4.98 Å². The van der Waals surface area contributed by atoms with Gasteiger partial charge in [-0.15, -0.1) is 0 Å². The molecule has 7 heteroatoms. The average molecular weight is 454 g/mol. The summed E-state index contributed by atoms with van der Waals surface area (Å²) in [7, 11) is 0. The third-order valence-corrected chi connectivity index (χ3v) is 5.48. The number of nitrogens with zero attached hydrogens (tertiary/aromatic N) is 4. The zero-order valence-corrected chi connectivity index (χ0v) is 20.0. The first-order valence-electron chi connectivity index (χ1n) is 11.2. The summed E-state index contributed by atoms with van der Waals surface area (Å²) < 4.78 is 7.19. The Balaban J connectivity index is 1.67. The van der Waals surface area contributed by atoms with Crippen LogP contribution >= 0.6 is 0 Å². The number of rotatable bonds is 6. The highest BCUT2D eigenvalue weighted by Crippen LogP contribution is 2.27. The maximum absolute atomic E-state index is 13.0. The van der Waals surface area contributed by atoms with Crippen molar-refractivity contribution in [1.29, 1.82) is 5.26 Å². The summed E-state index contributed by atoms with van der Waals surface area (Å²) >= 11 is 0. The van der Waals surface area contributed by atoms with Crippen LogP contribution in [0.2, 0.25) is 0 Å². The number of fused-ring (bicyclic) bond motifs is 1. The van der Waals surface area contributed by atoms with Crippen LogP contribution in [0.5, 0.6) is 5.75 Å². The second-order valence-corrected chi connectivity index (χ2v) is 8.89. The fraction of sp³-hybridized carbons (Fsp3) is 0.259. The molecule has 0 fully saturated rings.